The van der Waals surface area contributed by atoms with E-state index >= 15 is 0 Å². The van der Waals surface area contributed by atoms with E-state index in [0.29, 0.717) is 18.7 Å². The van der Waals surface area contributed by atoms with Crippen molar-refractivity contribution in [2.45, 2.75) is 46.1 Å². The van der Waals surface area contributed by atoms with E-state index in [0.717, 1.165) is 64.9 Å². The summed E-state index contributed by atoms with van der Waals surface area (Å²) in [5.41, 5.74) is 5.25. The molecule has 0 spiro atoms. The summed E-state index contributed by atoms with van der Waals surface area (Å²) in [5, 5.41) is 3.01. The highest BCUT2D eigenvalue weighted by Crippen LogP contribution is 2.21. The Kier molecular flexibility index (Phi) is 8.59. The van der Waals surface area contributed by atoms with Crippen LogP contribution in [0.5, 0.6) is 5.75 Å². The van der Waals surface area contributed by atoms with Crippen LogP contribution in [0.25, 0.3) is 11.0 Å². The number of fused-ring (bicyclic) bond motifs is 1. The van der Waals surface area contributed by atoms with Crippen LogP contribution in [0.2, 0.25) is 0 Å². The Morgan fingerprint density at radius 1 is 1.00 bits per heavy atom. The van der Waals surface area contributed by atoms with Crippen molar-refractivity contribution >= 4 is 32.9 Å². The fourth-order valence-corrected chi connectivity index (χ4v) is 4.69. The molecule has 35 heavy (non-hydrogen) atoms. The van der Waals surface area contributed by atoms with Crippen molar-refractivity contribution in [1.82, 2.24) is 14.9 Å². The predicted octanol–water partition coefficient (Wildman–Crippen LogP) is 6.64. The second kappa shape index (κ2) is 12.0. The van der Waals surface area contributed by atoms with E-state index in [1.807, 2.05) is 36.4 Å². The number of rotatable bonds is 11. The normalized spacial score (nSPS) is 11.1. The zero-order chi connectivity index (χ0) is 24.6. The predicted molar refractivity (Wildman–Crippen MR) is 145 cm³/mol. The maximum Gasteiger partial charge on any atom is 0.251 e. The van der Waals surface area contributed by atoms with Crippen LogP contribution >= 0.6 is 15.9 Å². The van der Waals surface area contributed by atoms with Gasteiger partial charge in [-0.1, -0.05) is 58.2 Å². The summed E-state index contributed by atoms with van der Waals surface area (Å²) in [7, 11) is 0. The molecule has 0 bridgehead atoms. The van der Waals surface area contributed by atoms with E-state index in [9.17, 15) is 4.79 Å². The highest BCUT2D eigenvalue weighted by molar-refractivity contribution is 9.10. The number of amides is 1. The molecule has 0 fully saturated rings. The third kappa shape index (κ3) is 6.73. The summed E-state index contributed by atoms with van der Waals surface area (Å²) in [4.78, 5) is 17.2. The van der Waals surface area contributed by atoms with Crippen molar-refractivity contribution in [3.63, 3.8) is 0 Å². The van der Waals surface area contributed by atoms with Crippen molar-refractivity contribution in [2.75, 3.05) is 13.2 Å². The van der Waals surface area contributed by atoms with E-state index in [1.54, 1.807) is 0 Å². The van der Waals surface area contributed by atoms with Gasteiger partial charge in [-0.05, 0) is 68.7 Å². The molecular weight excluding hydrogens is 502 g/mol. The number of halogens is 1. The van der Waals surface area contributed by atoms with E-state index < -0.39 is 0 Å². The number of hydrogen-bond acceptors (Lipinski definition) is 3. The minimum atomic E-state index is -0.0306. The lowest BCUT2D eigenvalue weighted by molar-refractivity contribution is 0.0953. The number of hydrogen-bond donors (Lipinski definition) is 1. The van der Waals surface area contributed by atoms with Crippen LogP contribution in [-0.2, 0) is 13.0 Å². The molecular formula is C29H32BrN3O2. The van der Waals surface area contributed by atoms with Crippen LogP contribution in [0.15, 0.2) is 71.2 Å². The lowest BCUT2D eigenvalue weighted by Gasteiger charge is -2.13. The standard InChI is InChI=1S/C29H32BrN3O2/c1-21-14-15-27(22(2)19-21)35-18-17-33-26-12-6-5-11-25(26)32-28(33)13-4-3-7-16-31-29(34)23-9-8-10-24(30)20-23/h5-6,8-12,14-15,19-20H,3-4,7,13,16-18H2,1-2H3,(H,31,34). The Morgan fingerprint density at radius 3 is 2.69 bits per heavy atom. The first kappa shape index (κ1) is 25.0. The number of nitrogens with zero attached hydrogens (tertiary/aromatic N) is 2. The van der Waals surface area contributed by atoms with Crippen molar-refractivity contribution in [3.8, 4) is 5.75 Å². The molecule has 0 aliphatic carbocycles. The number of ether oxygens (including phenoxy) is 1. The molecule has 6 heteroatoms. The van der Waals surface area contributed by atoms with Crippen LogP contribution in [-0.4, -0.2) is 28.6 Å². The summed E-state index contributed by atoms with van der Waals surface area (Å²) in [6.45, 7) is 6.20. The first-order valence-electron chi connectivity index (χ1n) is 12.2. The zero-order valence-electron chi connectivity index (χ0n) is 20.4. The monoisotopic (exact) mass is 533 g/mol. The minimum Gasteiger partial charge on any atom is -0.491 e. The molecule has 0 saturated heterocycles. The quantitative estimate of drug-likeness (QED) is 0.220. The lowest BCUT2D eigenvalue weighted by Crippen LogP contribution is -2.24. The van der Waals surface area contributed by atoms with Crippen molar-refractivity contribution in [3.05, 3.63) is 93.7 Å². The Morgan fingerprint density at radius 2 is 1.86 bits per heavy atom. The van der Waals surface area contributed by atoms with Gasteiger partial charge >= 0.3 is 0 Å². The van der Waals surface area contributed by atoms with Crippen molar-refractivity contribution < 1.29 is 9.53 Å². The van der Waals surface area contributed by atoms with Crippen LogP contribution in [0, 0.1) is 13.8 Å². The number of para-hydroxylation sites is 2. The Bertz CT molecular complexity index is 1300. The van der Waals surface area contributed by atoms with Crippen LogP contribution in [0.4, 0.5) is 0 Å². The van der Waals surface area contributed by atoms with Crippen LogP contribution in [0.3, 0.4) is 0 Å². The molecule has 0 saturated carbocycles. The molecule has 0 unspecified atom stereocenters. The number of carbonyl (C=O) groups excluding carboxylic acids is 1. The van der Waals surface area contributed by atoms with Gasteiger partial charge in [-0.2, -0.15) is 0 Å². The number of imidazole rings is 1. The number of benzene rings is 3. The number of nitrogens with one attached hydrogen (secondary N) is 1. The fourth-order valence-electron chi connectivity index (χ4n) is 4.29. The van der Waals surface area contributed by atoms with Crippen LogP contribution in [0.1, 0.15) is 46.6 Å². The maximum absolute atomic E-state index is 12.3. The van der Waals surface area contributed by atoms with E-state index in [4.69, 9.17) is 9.72 Å². The molecule has 4 rings (SSSR count). The molecule has 0 radical (unpaired) electrons. The van der Waals surface area contributed by atoms with Crippen LogP contribution < -0.4 is 10.1 Å². The summed E-state index contributed by atoms with van der Waals surface area (Å²) >= 11 is 3.41. The number of carbonyl (C=O) groups is 1. The average molecular weight is 534 g/mol. The molecule has 0 aliphatic rings. The van der Waals surface area contributed by atoms with Crippen molar-refractivity contribution in [1.29, 1.82) is 0 Å². The van der Waals surface area contributed by atoms with E-state index in [-0.39, 0.29) is 5.91 Å². The summed E-state index contributed by atoms with van der Waals surface area (Å²) in [6.07, 6.45) is 3.89. The second-order valence-corrected chi connectivity index (χ2v) is 9.78. The molecule has 5 nitrogen and oxygen atoms in total. The molecule has 0 atom stereocenters. The zero-order valence-corrected chi connectivity index (χ0v) is 22.0. The minimum absolute atomic E-state index is 0.0306. The molecule has 3 aromatic carbocycles. The molecule has 0 aliphatic heterocycles. The largest absolute Gasteiger partial charge is 0.491 e. The summed E-state index contributed by atoms with van der Waals surface area (Å²) in [6, 6.07) is 22.0. The fraction of sp³-hybridized carbons (Fsp3) is 0.310. The van der Waals surface area contributed by atoms with Gasteiger partial charge in [-0.15, -0.1) is 0 Å². The van der Waals surface area contributed by atoms with Gasteiger partial charge in [-0.3, -0.25) is 4.79 Å². The van der Waals surface area contributed by atoms with Gasteiger partial charge in [0.2, 0.25) is 0 Å². The number of aryl methyl sites for hydroxylation is 3. The summed E-state index contributed by atoms with van der Waals surface area (Å²) in [5.74, 6) is 2.00. The maximum atomic E-state index is 12.3. The highest BCUT2D eigenvalue weighted by atomic mass is 79.9. The lowest BCUT2D eigenvalue weighted by atomic mass is 10.1. The van der Waals surface area contributed by atoms with Gasteiger partial charge in [0.05, 0.1) is 17.6 Å². The SMILES string of the molecule is Cc1ccc(OCCn2c(CCCCCNC(=O)c3cccc(Br)c3)nc3ccccc32)c(C)c1. The Balaban J connectivity index is 1.28. The first-order valence-corrected chi connectivity index (χ1v) is 13.0. The average Bonchev–Trinajstić information content (AvgIpc) is 3.20. The highest BCUT2D eigenvalue weighted by Gasteiger charge is 2.11. The van der Waals surface area contributed by atoms with Gasteiger partial charge in [0.25, 0.3) is 5.91 Å². The molecule has 182 valence electrons. The molecule has 1 amide bonds. The number of unbranched alkanes of at least 4 members (excludes halogenated alkanes) is 2. The molecule has 1 aromatic heterocycles. The van der Waals surface area contributed by atoms with Crippen molar-refractivity contribution in [2.24, 2.45) is 0 Å². The van der Waals surface area contributed by atoms with Gasteiger partial charge in [0.15, 0.2) is 0 Å². The second-order valence-electron chi connectivity index (χ2n) is 8.86. The van der Waals surface area contributed by atoms with E-state index in [1.165, 1.54) is 5.56 Å². The van der Waals surface area contributed by atoms with Gasteiger partial charge in [-0.25, -0.2) is 4.98 Å². The Labute approximate surface area is 215 Å². The summed E-state index contributed by atoms with van der Waals surface area (Å²) < 4.78 is 9.30. The first-order chi connectivity index (χ1) is 17.0. The van der Waals surface area contributed by atoms with E-state index in [2.05, 4.69) is 70.0 Å². The topological polar surface area (TPSA) is 56.1 Å². The van der Waals surface area contributed by atoms with Gasteiger partial charge in [0, 0.05) is 23.0 Å². The van der Waals surface area contributed by atoms with Gasteiger partial charge < -0.3 is 14.6 Å². The van der Waals surface area contributed by atoms with Gasteiger partial charge in [0.1, 0.15) is 18.2 Å². The molecule has 1 heterocycles. The Hall–Kier alpha value is -3.12. The molecule has 1 N–H and O–H groups in total. The third-order valence-electron chi connectivity index (χ3n) is 6.09. The molecule has 4 aromatic rings. The number of aromatic nitrogens is 2. The smallest absolute Gasteiger partial charge is 0.251 e. The third-order valence-corrected chi connectivity index (χ3v) is 6.58.